The normalized spacial score (nSPS) is 11.0. The molecule has 0 aliphatic carbocycles. The van der Waals surface area contributed by atoms with Crippen molar-refractivity contribution < 1.29 is 19.7 Å². The highest BCUT2D eigenvalue weighted by Crippen LogP contribution is 2.21. The lowest BCUT2D eigenvalue weighted by Crippen LogP contribution is -2.19. The van der Waals surface area contributed by atoms with Gasteiger partial charge < -0.3 is 5.11 Å². The molecular formula is C17H11N5O6. The van der Waals surface area contributed by atoms with Crippen molar-refractivity contribution in [3.8, 4) is 11.8 Å². The molecule has 0 bridgehead atoms. The van der Waals surface area contributed by atoms with Crippen LogP contribution in [0, 0.1) is 31.6 Å². The highest BCUT2D eigenvalue weighted by molar-refractivity contribution is 6.02. The molecule has 11 nitrogen and oxygen atoms in total. The molecule has 2 N–H and O–H groups in total. The highest BCUT2D eigenvalue weighted by Gasteiger charge is 2.11. The SMILES string of the molecule is N#CC(=Cc1cccc([N+](=O)[O-])c1)C(=O)N/N=C/c1cc([N+](=O)[O-])ccc1O. The molecular weight excluding hydrogens is 370 g/mol. The average Bonchev–Trinajstić information content (AvgIpc) is 2.67. The Labute approximate surface area is 157 Å². The molecule has 0 radical (unpaired) electrons. The number of hydrazone groups is 1. The molecule has 0 saturated heterocycles. The second-order valence-corrected chi connectivity index (χ2v) is 5.22. The zero-order valence-corrected chi connectivity index (χ0v) is 14.0. The number of carbonyl (C=O) groups excluding carboxylic acids is 1. The molecule has 0 fully saturated rings. The minimum absolute atomic E-state index is 0.0179. The van der Waals surface area contributed by atoms with E-state index in [4.69, 9.17) is 5.26 Å². The van der Waals surface area contributed by atoms with Crippen molar-refractivity contribution in [3.05, 3.63) is 79.4 Å². The van der Waals surface area contributed by atoms with Crippen molar-refractivity contribution in [3.63, 3.8) is 0 Å². The Kier molecular flexibility index (Phi) is 6.11. The molecule has 2 aromatic rings. The fraction of sp³-hybridized carbons (Fsp3) is 0. The summed E-state index contributed by atoms with van der Waals surface area (Å²) in [5.74, 6) is -1.20. The minimum Gasteiger partial charge on any atom is -0.507 e. The lowest BCUT2D eigenvalue weighted by molar-refractivity contribution is -0.385. The van der Waals surface area contributed by atoms with Crippen LogP contribution in [0.3, 0.4) is 0 Å². The topological polar surface area (TPSA) is 172 Å². The molecule has 0 aliphatic heterocycles. The van der Waals surface area contributed by atoms with Crippen molar-refractivity contribution in [2.45, 2.75) is 0 Å². The quantitative estimate of drug-likeness (QED) is 0.254. The van der Waals surface area contributed by atoms with Crippen molar-refractivity contribution in [1.82, 2.24) is 5.43 Å². The number of amides is 1. The van der Waals surface area contributed by atoms with Crippen LogP contribution in [0.4, 0.5) is 11.4 Å². The van der Waals surface area contributed by atoms with Crippen LogP contribution < -0.4 is 5.43 Å². The smallest absolute Gasteiger partial charge is 0.282 e. The highest BCUT2D eigenvalue weighted by atomic mass is 16.6. The van der Waals surface area contributed by atoms with Gasteiger partial charge in [0.15, 0.2) is 0 Å². The summed E-state index contributed by atoms with van der Waals surface area (Å²) in [6.45, 7) is 0. The molecule has 0 heterocycles. The van der Waals surface area contributed by atoms with Gasteiger partial charge in [-0.25, -0.2) is 5.43 Å². The maximum absolute atomic E-state index is 12.0. The number of hydrogen-bond acceptors (Lipinski definition) is 8. The predicted octanol–water partition coefficient (Wildman–Crippen LogP) is 2.27. The van der Waals surface area contributed by atoms with Gasteiger partial charge in [0.05, 0.1) is 16.1 Å². The van der Waals surface area contributed by atoms with E-state index in [-0.39, 0.29) is 33.8 Å². The molecule has 0 aromatic heterocycles. The number of hydrogen-bond donors (Lipinski definition) is 2. The van der Waals surface area contributed by atoms with Gasteiger partial charge in [-0.05, 0) is 17.7 Å². The largest absolute Gasteiger partial charge is 0.507 e. The lowest BCUT2D eigenvalue weighted by Gasteiger charge is -2.00. The summed E-state index contributed by atoms with van der Waals surface area (Å²) >= 11 is 0. The number of benzene rings is 2. The standard InChI is InChI=1S/C17H11N5O6/c18-9-12(6-11-2-1-3-14(7-11)21(25)26)17(24)20-19-10-13-8-15(22(27)28)4-5-16(13)23/h1-8,10,23H,(H,20,24)/b12-6?,19-10+. The molecule has 11 heteroatoms. The van der Waals surface area contributed by atoms with Crippen molar-refractivity contribution in [2.75, 3.05) is 0 Å². The van der Waals surface area contributed by atoms with Gasteiger partial charge in [0.1, 0.15) is 17.4 Å². The number of nitriles is 1. The maximum atomic E-state index is 12.0. The van der Waals surface area contributed by atoms with Crippen LogP contribution in [0.25, 0.3) is 6.08 Å². The van der Waals surface area contributed by atoms with E-state index < -0.39 is 15.8 Å². The van der Waals surface area contributed by atoms with Crippen LogP contribution in [0.5, 0.6) is 5.75 Å². The second-order valence-electron chi connectivity index (χ2n) is 5.22. The summed E-state index contributed by atoms with van der Waals surface area (Å²) in [6, 6.07) is 10.2. The number of carbonyl (C=O) groups is 1. The van der Waals surface area contributed by atoms with E-state index in [1.54, 1.807) is 6.07 Å². The zero-order chi connectivity index (χ0) is 20.7. The first-order valence-corrected chi connectivity index (χ1v) is 7.49. The van der Waals surface area contributed by atoms with Crippen LogP contribution in [-0.2, 0) is 4.79 Å². The molecule has 28 heavy (non-hydrogen) atoms. The Morgan fingerprint density at radius 3 is 2.46 bits per heavy atom. The third-order valence-corrected chi connectivity index (χ3v) is 3.35. The van der Waals surface area contributed by atoms with Gasteiger partial charge in [-0.2, -0.15) is 10.4 Å². The number of phenols is 1. The fourth-order valence-corrected chi connectivity index (χ4v) is 2.02. The third-order valence-electron chi connectivity index (χ3n) is 3.35. The number of nitro benzene ring substituents is 2. The number of nitro groups is 2. The van der Waals surface area contributed by atoms with E-state index in [0.29, 0.717) is 0 Å². The number of phenolic OH excluding ortho intramolecular Hbond substituents is 1. The van der Waals surface area contributed by atoms with Crippen LogP contribution in [0.2, 0.25) is 0 Å². The molecule has 0 spiro atoms. The Morgan fingerprint density at radius 1 is 1.14 bits per heavy atom. The van der Waals surface area contributed by atoms with Crippen molar-refractivity contribution in [1.29, 1.82) is 5.26 Å². The van der Waals surface area contributed by atoms with Crippen LogP contribution in [0.1, 0.15) is 11.1 Å². The Hall–Kier alpha value is -4.59. The number of nitrogens with one attached hydrogen (secondary N) is 1. The van der Waals surface area contributed by atoms with Gasteiger partial charge in [-0.3, -0.25) is 25.0 Å². The molecule has 0 saturated carbocycles. The van der Waals surface area contributed by atoms with Gasteiger partial charge in [0.2, 0.25) is 0 Å². The lowest BCUT2D eigenvalue weighted by atomic mass is 10.1. The number of rotatable bonds is 6. The first kappa shape index (κ1) is 19.7. The van der Waals surface area contributed by atoms with Gasteiger partial charge in [0, 0.05) is 29.8 Å². The molecule has 140 valence electrons. The first-order valence-electron chi connectivity index (χ1n) is 7.49. The summed E-state index contributed by atoms with van der Waals surface area (Å²) in [5.41, 5.74) is 1.43. The number of nitrogens with zero attached hydrogens (tertiary/aromatic N) is 4. The Bertz CT molecular complexity index is 1050. The van der Waals surface area contributed by atoms with E-state index in [2.05, 4.69) is 5.10 Å². The zero-order valence-electron chi connectivity index (χ0n) is 14.0. The summed E-state index contributed by atoms with van der Waals surface area (Å²) in [6.07, 6.45) is 2.12. The number of non-ortho nitro benzene ring substituents is 2. The molecule has 2 rings (SSSR count). The summed E-state index contributed by atoms with van der Waals surface area (Å²) < 4.78 is 0. The van der Waals surface area contributed by atoms with Crippen molar-refractivity contribution >= 4 is 29.6 Å². The molecule has 2 aromatic carbocycles. The fourth-order valence-electron chi connectivity index (χ4n) is 2.02. The van der Waals surface area contributed by atoms with E-state index in [1.807, 2.05) is 5.43 Å². The molecule has 0 aliphatic rings. The van der Waals surface area contributed by atoms with Crippen LogP contribution >= 0.6 is 0 Å². The van der Waals surface area contributed by atoms with Crippen LogP contribution in [-0.4, -0.2) is 27.1 Å². The maximum Gasteiger partial charge on any atom is 0.282 e. The molecule has 0 unspecified atom stereocenters. The Balaban J connectivity index is 2.17. The average molecular weight is 381 g/mol. The van der Waals surface area contributed by atoms with E-state index >= 15 is 0 Å². The summed E-state index contributed by atoms with van der Waals surface area (Å²) in [5, 5.41) is 43.8. The second kappa shape index (κ2) is 8.68. The Morgan fingerprint density at radius 2 is 1.82 bits per heavy atom. The minimum atomic E-state index is -0.907. The molecule has 0 atom stereocenters. The summed E-state index contributed by atoms with van der Waals surface area (Å²) in [7, 11) is 0. The summed E-state index contributed by atoms with van der Waals surface area (Å²) in [4.78, 5) is 32.3. The number of aromatic hydroxyl groups is 1. The molecule has 1 amide bonds. The van der Waals surface area contributed by atoms with Gasteiger partial charge in [-0.1, -0.05) is 12.1 Å². The van der Waals surface area contributed by atoms with Crippen molar-refractivity contribution in [2.24, 2.45) is 5.10 Å². The first-order chi connectivity index (χ1) is 13.3. The monoisotopic (exact) mass is 381 g/mol. The van der Waals surface area contributed by atoms with E-state index in [0.717, 1.165) is 30.5 Å². The van der Waals surface area contributed by atoms with E-state index in [9.17, 15) is 30.1 Å². The third kappa shape index (κ3) is 4.96. The predicted molar refractivity (Wildman–Crippen MR) is 97.2 cm³/mol. The van der Waals surface area contributed by atoms with Gasteiger partial charge >= 0.3 is 0 Å². The van der Waals surface area contributed by atoms with Gasteiger partial charge in [-0.15, -0.1) is 0 Å². The van der Waals surface area contributed by atoms with E-state index in [1.165, 1.54) is 24.3 Å². The van der Waals surface area contributed by atoms with Crippen LogP contribution in [0.15, 0.2) is 53.1 Å². The van der Waals surface area contributed by atoms with Gasteiger partial charge in [0.25, 0.3) is 17.3 Å².